The van der Waals surface area contributed by atoms with Gasteiger partial charge in [0, 0.05) is 32.4 Å². The predicted molar refractivity (Wildman–Crippen MR) is 126 cm³/mol. The van der Waals surface area contributed by atoms with Crippen LogP contribution >= 0.6 is 24.0 Å². The number of hydrogen-bond acceptors (Lipinski definition) is 3. The van der Waals surface area contributed by atoms with E-state index in [2.05, 4.69) is 63.2 Å². The third-order valence-corrected chi connectivity index (χ3v) is 3.95. The number of benzene rings is 1. The summed E-state index contributed by atoms with van der Waals surface area (Å²) < 4.78 is 0. The molecular formula is C21H32IN5. The van der Waals surface area contributed by atoms with E-state index in [-0.39, 0.29) is 24.0 Å². The number of hydrogen-bond donors (Lipinski definition) is 3. The van der Waals surface area contributed by atoms with Crippen LogP contribution in [0.1, 0.15) is 31.7 Å². The highest BCUT2D eigenvalue weighted by Gasteiger charge is 1.97. The number of aliphatic imine (C=N–C) groups is 1. The van der Waals surface area contributed by atoms with Crippen molar-refractivity contribution in [1.82, 2.24) is 15.6 Å². The minimum atomic E-state index is 0. The Morgan fingerprint density at radius 2 is 1.70 bits per heavy atom. The van der Waals surface area contributed by atoms with E-state index in [0.29, 0.717) is 0 Å². The van der Waals surface area contributed by atoms with Crippen molar-refractivity contribution in [2.75, 3.05) is 31.5 Å². The van der Waals surface area contributed by atoms with Gasteiger partial charge in [0.1, 0.15) is 5.82 Å². The van der Waals surface area contributed by atoms with E-state index in [9.17, 15) is 0 Å². The molecule has 0 bridgehead atoms. The molecule has 1 aromatic heterocycles. The SMILES string of the molecule is CCNC(=NCCCc1ccccc1)NCCCCNc1ccccn1.I. The summed E-state index contributed by atoms with van der Waals surface area (Å²) in [6.45, 7) is 5.67. The van der Waals surface area contributed by atoms with Gasteiger partial charge in [-0.2, -0.15) is 0 Å². The van der Waals surface area contributed by atoms with Crippen LogP contribution in [0.4, 0.5) is 5.82 Å². The van der Waals surface area contributed by atoms with Crippen LogP contribution in [-0.2, 0) is 6.42 Å². The Labute approximate surface area is 180 Å². The van der Waals surface area contributed by atoms with Gasteiger partial charge >= 0.3 is 0 Å². The minimum Gasteiger partial charge on any atom is -0.370 e. The molecule has 0 unspecified atom stereocenters. The fourth-order valence-corrected chi connectivity index (χ4v) is 2.60. The van der Waals surface area contributed by atoms with Crippen molar-refractivity contribution >= 4 is 35.8 Å². The Hall–Kier alpha value is -1.83. The molecule has 3 N–H and O–H groups in total. The number of aryl methyl sites for hydroxylation is 1. The number of nitrogens with one attached hydrogen (secondary N) is 3. The van der Waals surface area contributed by atoms with E-state index in [4.69, 9.17) is 0 Å². The van der Waals surface area contributed by atoms with E-state index in [0.717, 1.165) is 63.6 Å². The Bertz CT molecular complexity index is 619. The minimum absolute atomic E-state index is 0. The highest BCUT2D eigenvalue weighted by Crippen LogP contribution is 2.02. The van der Waals surface area contributed by atoms with E-state index >= 15 is 0 Å². The van der Waals surface area contributed by atoms with Crippen LogP contribution in [0.2, 0.25) is 0 Å². The third-order valence-electron chi connectivity index (χ3n) is 3.95. The van der Waals surface area contributed by atoms with Crippen LogP contribution < -0.4 is 16.0 Å². The molecular weight excluding hydrogens is 449 g/mol. The van der Waals surface area contributed by atoms with Crippen molar-refractivity contribution in [3.63, 3.8) is 0 Å². The van der Waals surface area contributed by atoms with E-state index in [1.165, 1.54) is 5.56 Å². The van der Waals surface area contributed by atoms with Gasteiger partial charge in [-0.3, -0.25) is 4.99 Å². The molecule has 1 heterocycles. The van der Waals surface area contributed by atoms with Gasteiger partial charge in [0.05, 0.1) is 0 Å². The Morgan fingerprint density at radius 3 is 2.44 bits per heavy atom. The van der Waals surface area contributed by atoms with Crippen LogP contribution in [0.5, 0.6) is 0 Å². The molecule has 2 aromatic rings. The van der Waals surface area contributed by atoms with Gasteiger partial charge in [-0.25, -0.2) is 4.98 Å². The normalized spacial score (nSPS) is 10.8. The first-order valence-corrected chi connectivity index (χ1v) is 9.59. The highest BCUT2D eigenvalue weighted by molar-refractivity contribution is 14.0. The molecule has 0 saturated carbocycles. The topological polar surface area (TPSA) is 61.3 Å². The van der Waals surface area contributed by atoms with Crippen molar-refractivity contribution in [3.05, 3.63) is 60.3 Å². The summed E-state index contributed by atoms with van der Waals surface area (Å²) in [6, 6.07) is 16.5. The number of nitrogens with zero attached hydrogens (tertiary/aromatic N) is 2. The second-order valence-corrected chi connectivity index (χ2v) is 6.13. The first-order chi connectivity index (χ1) is 12.9. The maximum Gasteiger partial charge on any atom is 0.191 e. The maximum absolute atomic E-state index is 4.66. The van der Waals surface area contributed by atoms with Crippen LogP contribution in [0.3, 0.4) is 0 Å². The van der Waals surface area contributed by atoms with Gasteiger partial charge < -0.3 is 16.0 Å². The molecule has 0 saturated heterocycles. The number of aromatic nitrogens is 1. The van der Waals surface area contributed by atoms with Gasteiger partial charge in [-0.15, -0.1) is 24.0 Å². The number of unbranched alkanes of at least 4 members (excludes halogenated alkanes) is 1. The lowest BCUT2D eigenvalue weighted by Gasteiger charge is -2.11. The molecule has 148 valence electrons. The van der Waals surface area contributed by atoms with Crippen molar-refractivity contribution in [2.45, 2.75) is 32.6 Å². The fraction of sp³-hybridized carbons (Fsp3) is 0.429. The molecule has 2 rings (SSSR count). The molecule has 0 fully saturated rings. The zero-order chi connectivity index (χ0) is 18.3. The summed E-state index contributed by atoms with van der Waals surface area (Å²) in [6.07, 6.45) is 6.13. The van der Waals surface area contributed by atoms with Gasteiger partial charge in [0.2, 0.25) is 0 Å². The summed E-state index contributed by atoms with van der Waals surface area (Å²) >= 11 is 0. The van der Waals surface area contributed by atoms with Crippen LogP contribution in [0.25, 0.3) is 0 Å². The number of anilines is 1. The third kappa shape index (κ3) is 10.8. The molecule has 0 aliphatic carbocycles. The monoisotopic (exact) mass is 481 g/mol. The van der Waals surface area contributed by atoms with Crippen molar-refractivity contribution in [3.8, 4) is 0 Å². The van der Waals surface area contributed by atoms with Gasteiger partial charge in [-0.05, 0) is 50.3 Å². The van der Waals surface area contributed by atoms with Gasteiger partial charge in [-0.1, -0.05) is 36.4 Å². The van der Waals surface area contributed by atoms with Crippen LogP contribution in [-0.4, -0.2) is 37.1 Å². The average Bonchev–Trinajstić information content (AvgIpc) is 2.69. The molecule has 0 aliphatic rings. The van der Waals surface area contributed by atoms with E-state index < -0.39 is 0 Å². The van der Waals surface area contributed by atoms with E-state index in [1.807, 2.05) is 18.2 Å². The predicted octanol–water partition coefficient (Wildman–Crippen LogP) is 4.08. The number of rotatable bonds is 11. The fourth-order valence-electron chi connectivity index (χ4n) is 2.60. The largest absolute Gasteiger partial charge is 0.370 e. The molecule has 5 nitrogen and oxygen atoms in total. The van der Waals surface area contributed by atoms with Crippen LogP contribution in [0.15, 0.2) is 59.7 Å². The molecule has 0 amide bonds. The smallest absolute Gasteiger partial charge is 0.191 e. The lowest BCUT2D eigenvalue weighted by atomic mass is 10.1. The van der Waals surface area contributed by atoms with Gasteiger partial charge in [0.15, 0.2) is 5.96 Å². The summed E-state index contributed by atoms with van der Waals surface area (Å²) in [4.78, 5) is 8.92. The summed E-state index contributed by atoms with van der Waals surface area (Å²) in [7, 11) is 0. The summed E-state index contributed by atoms with van der Waals surface area (Å²) in [5.74, 6) is 1.85. The number of guanidine groups is 1. The second kappa shape index (κ2) is 15.2. The Morgan fingerprint density at radius 1 is 0.926 bits per heavy atom. The Balaban J connectivity index is 0.00000364. The van der Waals surface area contributed by atoms with Crippen molar-refractivity contribution in [1.29, 1.82) is 0 Å². The van der Waals surface area contributed by atoms with Crippen molar-refractivity contribution < 1.29 is 0 Å². The molecule has 6 heteroatoms. The highest BCUT2D eigenvalue weighted by atomic mass is 127. The maximum atomic E-state index is 4.66. The number of halogens is 1. The number of pyridine rings is 1. The first kappa shape index (κ1) is 23.2. The molecule has 27 heavy (non-hydrogen) atoms. The molecule has 0 atom stereocenters. The average molecular weight is 481 g/mol. The Kier molecular flexibility index (Phi) is 13.1. The standard InChI is InChI=1S/C21H31N5.HI/c1-2-22-21(26-18-10-13-19-11-4-3-5-12-19)25-17-9-8-16-24-20-14-6-7-15-23-20;/h3-7,11-12,14-15H,2,8-10,13,16-18H2,1H3,(H,23,24)(H2,22,25,26);1H. The molecule has 1 aromatic carbocycles. The summed E-state index contributed by atoms with van der Waals surface area (Å²) in [5, 5.41) is 10.1. The first-order valence-electron chi connectivity index (χ1n) is 9.59. The van der Waals surface area contributed by atoms with Gasteiger partial charge in [0.25, 0.3) is 0 Å². The van der Waals surface area contributed by atoms with E-state index in [1.54, 1.807) is 6.20 Å². The van der Waals surface area contributed by atoms with Crippen molar-refractivity contribution in [2.24, 2.45) is 4.99 Å². The van der Waals surface area contributed by atoms with Crippen LogP contribution in [0, 0.1) is 0 Å². The lowest BCUT2D eigenvalue weighted by Crippen LogP contribution is -2.38. The zero-order valence-corrected chi connectivity index (χ0v) is 18.5. The molecule has 0 radical (unpaired) electrons. The second-order valence-electron chi connectivity index (χ2n) is 6.13. The zero-order valence-electron chi connectivity index (χ0n) is 16.2. The lowest BCUT2D eigenvalue weighted by molar-refractivity contribution is 0.709. The quantitative estimate of drug-likeness (QED) is 0.196. The molecule has 0 spiro atoms. The summed E-state index contributed by atoms with van der Waals surface area (Å²) in [5.41, 5.74) is 1.38. The molecule has 0 aliphatic heterocycles.